The predicted octanol–water partition coefficient (Wildman–Crippen LogP) is 2.42. The van der Waals surface area contributed by atoms with Crippen LogP contribution in [-0.2, 0) is 0 Å². The Morgan fingerprint density at radius 3 is 2.47 bits per heavy atom. The number of hydrogen-bond donors (Lipinski definition) is 1. The second kappa shape index (κ2) is 4.79. The van der Waals surface area contributed by atoms with Gasteiger partial charge in [-0.15, -0.1) is 0 Å². The fourth-order valence-electron chi connectivity index (χ4n) is 2.24. The van der Waals surface area contributed by atoms with E-state index < -0.39 is 0 Å². The van der Waals surface area contributed by atoms with E-state index in [0.717, 1.165) is 24.9 Å². The lowest BCUT2D eigenvalue weighted by Gasteiger charge is -2.28. The van der Waals surface area contributed by atoms with Gasteiger partial charge in [0.2, 0.25) is 0 Å². The Morgan fingerprint density at radius 1 is 1.47 bits per heavy atom. The predicted molar refractivity (Wildman–Crippen MR) is 70.0 cm³/mol. The molecule has 1 aliphatic heterocycles. The SMILES string of the molecule is CC1CC(C)N(CCC(C)(C)C(N)=S)C1. The van der Waals surface area contributed by atoms with Crippen molar-refractivity contribution >= 4 is 17.2 Å². The quantitative estimate of drug-likeness (QED) is 0.749. The zero-order chi connectivity index (χ0) is 11.6. The summed E-state index contributed by atoms with van der Waals surface area (Å²) in [6.07, 6.45) is 2.40. The number of nitrogens with zero attached hydrogens (tertiary/aromatic N) is 1. The zero-order valence-corrected chi connectivity index (χ0v) is 11.2. The molecule has 0 saturated carbocycles. The molecule has 1 aliphatic rings. The van der Waals surface area contributed by atoms with Crippen LogP contribution in [0.5, 0.6) is 0 Å². The Morgan fingerprint density at radius 2 is 2.07 bits per heavy atom. The van der Waals surface area contributed by atoms with Gasteiger partial charge in [-0.2, -0.15) is 0 Å². The molecule has 0 amide bonds. The van der Waals surface area contributed by atoms with Gasteiger partial charge in [0.25, 0.3) is 0 Å². The highest BCUT2D eigenvalue weighted by Gasteiger charge is 2.28. The molecule has 2 nitrogen and oxygen atoms in total. The Labute approximate surface area is 99.2 Å². The third-order valence-corrected chi connectivity index (χ3v) is 4.16. The standard InChI is InChI=1S/C12H24N2S/c1-9-7-10(2)14(8-9)6-5-12(3,4)11(13)15/h9-10H,5-8H2,1-4H3,(H2,13,15). The van der Waals surface area contributed by atoms with Crippen LogP contribution in [0.4, 0.5) is 0 Å². The van der Waals surface area contributed by atoms with Crippen molar-refractivity contribution < 1.29 is 0 Å². The highest BCUT2D eigenvalue weighted by molar-refractivity contribution is 7.80. The summed E-state index contributed by atoms with van der Waals surface area (Å²) >= 11 is 5.08. The number of hydrogen-bond acceptors (Lipinski definition) is 2. The van der Waals surface area contributed by atoms with Crippen molar-refractivity contribution in [3.05, 3.63) is 0 Å². The molecule has 0 bridgehead atoms. The lowest BCUT2D eigenvalue weighted by molar-refractivity contribution is 0.238. The maximum absolute atomic E-state index is 5.73. The molecule has 1 rings (SSSR count). The van der Waals surface area contributed by atoms with Gasteiger partial charge in [-0.3, -0.25) is 0 Å². The molecule has 0 aromatic heterocycles. The molecule has 0 aromatic carbocycles. The maximum atomic E-state index is 5.73. The highest BCUT2D eigenvalue weighted by Crippen LogP contribution is 2.26. The summed E-state index contributed by atoms with van der Waals surface area (Å²) < 4.78 is 0. The Kier molecular flexibility index (Phi) is 4.13. The van der Waals surface area contributed by atoms with E-state index in [0.29, 0.717) is 4.99 Å². The molecule has 3 heteroatoms. The minimum atomic E-state index is 0.000874. The van der Waals surface area contributed by atoms with E-state index in [4.69, 9.17) is 18.0 Å². The fourth-order valence-corrected chi connectivity index (χ4v) is 2.35. The summed E-state index contributed by atoms with van der Waals surface area (Å²) in [7, 11) is 0. The highest BCUT2D eigenvalue weighted by atomic mass is 32.1. The summed E-state index contributed by atoms with van der Waals surface area (Å²) in [5, 5.41) is 0. The average Bonchev–Trinajstić information content (AvgIpc) is 2.41. The van der Waals surface area contributed by atoms with Crippen LogP contribution in [0.2, 0.25) is 0 Å². The van der Waals surface area contributed by atoms with Gasteiger partial charge in [0, 0.05) is 18.0 Å². The van der Waals surface area contributed by atoms with Gasteiger partial charge in [0.1, 0.15) is 0 Å². The Balaban J connectivity index is 2.40. The normalized spacial score (nSPS) is 28.3. The van der Waals surface area contributed by atoms with Crippen molar-refractivity contribution in [2.75, 3.05) is 13.1 Å². The molecule has 0 aromatic rings. The van der Waals surface area contributed by atoms with Crippen molar-refractivity contribution in [2.45, 2.75) is 46.6 Å². The van der Waals surface area contributed by atoms with Gasteiger partial charge in [0.15, 0.2) is 0 Å². The number of rotatable bonds is 4. The van der Waals surface area contributed by atoms with Gasteiger partial charge < -0.3 is 10.6 Å². The van der Waals surface area contributed by atoms with Crippen LogP contribution in [0.1, 0.15) is 40.5 Å². The smallest absolute Gasteiger partial charge is 0.0784 e. The molecule has 88 valence electrons. The van der Waals surface area contributed by atoms with Gasteiger partial charge >= 0.3 is 0 Å². The van der Waals surface area contributed by atoms with E-state index >= 15 is 0 Å². The fraction of sp³-hybridized carbons (Fsp3) is 0.917. The molecule has 0 aliphatic carbocycles. The minimum Gasteiger partial charge on any atom is -0.393 e. The molecule has 1 saturated heterocycles. The lowest BCUT2D eigenvalue weighted by atomic mass is 9.89. The van der Waals surface area contributed by atoms with E-state index in [2.05, 4.69) is 32.6 Å². The summed E-state index contributed by atoms with van der Waals surface area (Å²) in [4.78, 5) is 3.20. The van der Waals surface area contributed by atoms with Crippen LogP contribution in [0.3, 0.4) is 0 Å². The summed E-state index contributed by atoms with van der Waals surface area (Å²) in [6.45, 7) is 11.3. The molecule has 0 spiro atoms. The van der Waals surface area contributed by atoms with E-state index in [1.54, 1.807) is 0 Å². The van der Waals surface area contributed by atoms with Gasteiger partial charge in [-0.25, -0.2) is 0 Å². The van der Waals surface area contributed by atoms with Gasteiger partial charge in [0.05, 0.1) is 4.99 Å². The number of nitrogens with two attached hydrogens (primary N) is 1. The molecule has 0 radical (unpaired) electrons. The zero-order valence-electron chi connectivity index (χ0n) is 10.4. The molecular weight excluding hydrogens is 204 g/mol. The molecule has 1 heterocycles. The molecule has 1 fully saturated rings. The van der Waals surface area contributed by atoms with Crippen LogP contribution < -0.4 is 5.73 Å². The maximum Gasteiger partial charge on any atom is 0.0784 e. The first-order valence-electron chi connectivity index (χ1n) is 5.87. The first kappa shape index (κ1) is 12.9. The Hall–Kier alpha value is -0.150. The second-order valence-electron chi connectivity index (χ2n) is 5.68. The molecule has 15 heavy (non-hydrogen) atoms. The number of likely N-dealkylation sites (tertiary alicyclic amines) is 1. The van der Waals surface area contributed by atoms with E-state index in [-0.39, 0.29) is 5.41 Å². The van der Waals surface area contributed by atoms with Crippen LogP contribution in [0.15, 0.2) is 0 Å². The first-order valence-corrected chi connectivity index (χ1v) is 6.27. The average molecular weight is 228 g/mol. The van der Waals surface area contributed by atoms with Crippen molar-refractivity contribution in [2.24, 2.45) is 17.1 Å². The summed E-state index contributed by atoms with van der Waals surface area (Å²) in [5.74, 6) is 0.841. The van der Waals surface area contributed by atoms with Crippen molar-refractivity contribution in [1.29, 1.82) is 0 Å². The lowest BCUT2D eigenvalue weighted by Crippen LogP contribution is -2.36. The van der Waals surface area contributed by atoms with Gasteiger partial charge in [-0.05, 0) is 32.2 Å². The molecule has 2 atom stereocenters. The number of thiocarbonyl (C=S) groups is 1. The first-order chi connectivity index (χ1) is 6.83. The largest absolute Gasteiger partial charge is 0.393 e. The molecule has 2 unspecified atom stereocenters. The third kappa shape index (κ3) is 3.42. The summed E-state index contributed by atoms with van der Waals surface area (Å²) in [6, 6.07) is 0.724. The van der Waals surface area contributed by atoms with E-state index in [9.17, 15) is 0 Å². The van der Waals surface area contributed by atoms with Crippen molar-refractivity contribution in [3.63, 3.8) is 0 Å². The Bertz CT molecular complexity index is 238. The topological polar surface area (TPSA) is 29.3 Å². The summed E-state index contributed by atoms with van der Waals surface area (Å²) in [5.41, 5.74) is 5.73. The van der Waals surface area contributed by atoms with E-state index in [1.807, 2.05) is 0 Å². The minimum absolute atomic E-state index is 0.000874. The molecular formula is C12H24N2S. The second-order valence-corrected chi connectivity index (χ2v) is 6.12. The monoisotopic (exact) mass is 228 g/mol. The van der Waals surface area contributed by atoms with Crippen molar-refractivity contribution in [1.82, 2.24) is 4.90 Å². The van der Waals surface area contributed by atoms with Gasteiger partial charge in [-0.1, -0.05) is 33.0 Å². The molecule has 2 N–H and O–H groups in total. The van der Waals surface area contributed by atoms with Crippen LogP contribution in [0.25, 0.3) is 0 Å². The van der Waals surface area contributed by atoms with Crippen LogP contribution >= 0.6 is 12.2 Å². The van der Waals surface area contributed by atoms with Crippen LogP contribution in [-0.4, -0.2) is 29.0 Å². The van der Waals surface area contributed by atoms with Crippen molar-refractivity contribution in [3.8, 4) is 0 Å². The third-order valence-electron chi connectivity index (χ3n) is 3.60. The van der Waals surface area contributed by atoms with Crippen LogP contribution in [0, 0.1) is 11.3 Å². The van der Waals surface area contributed by atoms with E-state index in [1.165, 1.54) is 13.0 Å².